The molecular formula is C28H30N2O4S3. The van der Waals surface area contributed by atoms with Crippen LogP contribution in [0.1, 0.15) is 55.6 Å². The van der Waals surface area contributed by atoms with Gasteiger partial charge in [0.25, 0.3) is 5.69 Å². The lowest BCUT2D eigenvalue weighted by Gasteiger charge is -2.19. The first-order chi connectivity index (χ1) is 17.5. The van der Waals surface area contributed by atoms with Crippen LogP contribution < -0.4 is 4.74 Å². The SMILES string of the molecule is Cc1c(C)c(C)c(Cc2ccc(OC[C@@H](C)OC(=S)SCc3ccc(C#N)s3)cc2[N+](=O)[O-])c(C)c1C. The molecule has 3 aromatic rings. The van der Waals surface area contributed by atoms with E-state index in [2.05, 4.69) is 40.7 Å². The Morgan fingerprint density at radius 2 is 1.76 bits per heavy atom. The predicted molar refractivity (Wildman–Crippen MR) is 155 cm³/mol. The van der Waals surface area contributed by atoms with Gasteiger partial charge in [-0.3, -0.25) is 10.1 Å². The molecule has 2 aromatic carbocycles. The molecule has 0 spiro atoms. The maximum atomic E-state index is 11.9. The highest BCUT2D eigenvalue weighted by Gasteiger charge is 2.20. The highest BCUT2D eigenvalue weighted by Crippen LogP contribution is 2.32. The molecule has 1 heterocycles. The Balaban J connectivity index is 1.63. The molecule has 0 radical (unpaired) electrons. The number of thiophene rings is 1. The van der Waals surface area contributed by atoms with Crippen molar-refractivity contribution in [3.05, 3.63) is 89.1 Å². The first-order valence-electron chi connectivity index (χ1n) is 11.8. The van der Waals surface area contributed by atoms with Crippen LogP contribution in [-0.2, 0) is 16.9 Å². The maximum absolute atomic E-state index is 11.9. The van der Waals surface area contributed by atoms with Crippen LogP contribution in [-0.4, -0.2) is 22.0 Å². The lowest BCUT2D eigenvalue weighted by atomic mass is 9.86. The zero-order valence-corrected chi connectivity index (χ0v) is 24.3. The average molecular weight is 555 g/mol. The summed E-state index contributed by atoms with van der Waals surface area (Å²) in [6.07, 6.45) is 0.155. The van der Waals surface area contributed by atoms with Crippen LogP contribution in [0.25, 0.3) is 0 Å². The fourth-order valence-electron chi connectivity index (χ4n) is 4.08. The van der Waals surface area contributed by atoms with E-state index in [-0.39, 0.29) is 23.3 Å². The summed E-state index contributed by atoms with van der Waals surface area (Å²) in [6.45, 7) is 12.5. The molecule has 1 aromatic heterocycles. The van der Waals surface area contributed by atoms with Crippen molar-refractivity contribution in [2.24, 2.45) is 0 Å². The summed E-state index contributed by atoms with van der Waals surface area (Å²) in [4.78, 5) is 13.3. The van der Waals surface area contributed by atoms with E-state index >= 15 is 0 Å². The number of rotatable bonds is 9. The van der Waals surface area contributed by atoms with Crippen molar-refractivity contribution >= 4 is 45.4 Å². The molecule has 0 aliphatic carbocycles. The summed E-state index contributed by atoms with van der Waals surface area (Å²) in [5, 5.41) is 20.8. The van der Waals surface area contributed by atoms with Crippen LogP contribution in [0.5, 0.6) is 5.75 Å². The summed E-state index contributed by atoms with van der Waals surface area (Å²) < 4.78 is 11.9. The molecule has 0 fully saturated rings. The topological polar surface area (TPSA) is 85.4 Å². The molecule has 6 nitrogen and oxygen atoms in total. The van der Waals surface area contributed by atoms with E-state index in [4.69, 9.17) is 27.0 Å². The molecule has 0 amide bonds. The van der Waals surface area contributed by atoms with Crippen molar-refractivity contribution in [1.82, 2.24) is 0 Å². The number of nitriles is 1. The lowest BCUT2D eigenvalue weighted by Crippen LogP contribution is -2.20. The fraction of sp³-hybridized carbons (Fsp3) is 0.357. The number of thioether (sulfide) groups is 1. The van der Waals surface area contributed by atoms with Gasteiger partial charge in [0, 0.05) is 22.6 Å². The summed E-state index contributed by atoms with van der Waals surface area (Å²) >= 11 is 8.13. The van der Waals surface area contributed by atoms with Gasteiger partial charge in [-0.05, 0) is 111 Å². The molecule has 1 atom stereocenters. The van der Waals surface area contributed by atoms with Gasteiger partial charge in [-0.15, -0.1) is 11.3 Å². The highest BCUT2D eigenvalue weighted by molar-refractivity contribution is 8.22. The third kappa shape index (κ3) is 7.10. The van der Waals surface area contributed by atoms with Crippen molar-refractivity contribution in [2.45, 2.75) is 59.8 Å². The Hall–Kier alpha value is -2.93. The molecule has 0 unspecified atom stereocenters. The largest absolute Gasteiger partial charge is 0.489 e. The number of nitro benzene ring substituents is 1. The third-order valence-corrected chi connectivity index (χ3v) is 9.07. The number of nitro groups is 1. The second-order valence-electron chi connectivity index (χ2n) is 8.98. The van der Waals surface area contributed by atoms with Gasteiger partial charge in [-0.1, -0.05) is 11.8 Å². The average Bonchev–Trinajstić information content (AvgIpc) is 3.35. The van der Waals surface area contributed by atoms with Gasteiger partial charge in [0.2, 0.25) is 4.38 Å². The van der Waals surface area contributed by atoms with Crippen LogP contribution in [0.3, 0.4) is 0 Å². The molecule has 0 bridgehead atoms. The summed E-state index contributed by atoms with van der Waals surface area (Å²) in [5.74, 6) is 1.04. The zero-order valence-electron chi connectivity index (χ0n) is 21.8. The first-order valence-corrected chi connectivity index (χ1v) is 14.0. The number of hydrogen-bond acceptors (Lipinski definition) is 8. The fourth-order valence-corrected chi connectivity index (χ4v) is 6.02. The second-order valence-corrected chi connectivity index (χ2v) is 11.7. The van der Waals surface area contributed by atoms with Crippen molar-refractivity contribution in [2.75, 3.05) is 6.61 Å². The van der Waals surface area contributed by atoms with Crippen LogP contribution in [0, 0.1) is 56.1 Å². The van der Waals surface area contributed by atoms with Crippen LogP contribution in [0.15, 0.2) is 30.3 Å². The van der Waals surface area contributed by atoms with E-state index in [1.807, 2.05) is 13.0 Å². The van der Waals surface area contributed by atoms with Crippen molar-refractivity contribution in [3.63, 3.8) is 0 Å². The van der Waals surface area contributed by atoms with Gasteiger partial charge in [-0.25, -0.2) is 0 Å². The van der Waals surface area contributed by atoms with E-state index in [0.717, 1.165) is 10.4 Å². The van der Waals surface area contributed by atoms with E-state index in [0.29, 0.717) is 32.7 Å². The third-order valence-electron chi connectivity index (χ3n) is 6.66. The van der Waals surface area contributed by atoms with Gasteiger partial charge >= 0.3 is 0 Å². The van der Waals surface area contributed by atoms with Gasteiger partial charge in [0.1, 0.15) is 29.4 Å². The van der Waals surface area contributed by atoms with Crippen LogP contribution in [0.2, 0.25) is 0 Å². The van der Waals surface area contributed by atoms with Crippen LogP contribution >= 0.6 is 35.3 Å². The van der Waals surface area contributed by atoms with E-state index < -0.39 is 0 Å². The Bertz CT molecular complexity index is 1350. The lowest BCUT2D eigenvalue weighted by molar-refractivity contribution is -0.385. The molecular weight excluding hydrogens is 525 g/mol. The first kappa shape index (κ1) is 28.6. The minimum absolute atomic E-state index is 0.0412. The molecule has 9 heteroatoms. The summed E-state index contributed by atoms with van der Waals surface area (Å²) in [5.41, 5.74) is 7.92. The second kappa shape index (κ2) is 12.5. The van der Waals surface area contributed by atoms with Crippen molar-refractivity contribution in [1.29, 1.82) is 5.26 Å². The molecule has 37 heavy (non-hydrogen) atoms. The standard InChI is InChI=1S/C28H30N2O4S3/c1-16(34-28(35)36-15-25-10-9-24(13-29)37-25)14-33-23-8-7-22(27(12-23)30(31)32)11-26-20(5)18(3)17(2)19(4)21(26)6/h7-10,12,16H,11,14-15H2,1-6H3/t16-/m1/s1. The highest BCUT2D eigenvalue weighted by atomic mass is 32.2. The number of benzene rings is 2. The molecule has 0 aliphatic heterocycles. The monoisotopic (exact) mass is 554 g/mol. The molecule has 0 saturated heterocycles. The summed E-state index contributed by atoms with van der Waals surface area (Å²) in [7, 11) is 0. The van der Waals surface area contributed by atoms with Crippen LogP contribution in [0.4, 0.5) is 5.69 Å². The molecule has 0 aliphatic rings. The Morgan fingerprint density at radius 1 is 1.11 bits per heavy atom. The summed E-state index contributed by atoms with van der Waals surface area (Å²) in [6, 6.07) is 10.8. The van der Waals surface area contributed by atoms with Gasteiger partial charge < -0.3 is 9.47 Å². The number of nitrogens with zero attached hydrogens (tertiary/aromatic N) is 2. The molecule has 0 N–H and O–H groups in total. The van der Waals surface area contributed by atoms with Gasteiger partial charge in [0.05, 0.1) is 11.0 Å². The van der Waals surface area contributed by atoms with E-state index in [1.54, 1.807) is 18.2 Å². The normalized spacial score (nSPS) is 11.6. The number of hydrogen-bond donors (Lipinski definition) is 0. The molecule has 0 saturated carbocycles. The minimum Gasteiger partial charge on any atom is -0.489 e. The van der Waals surface area contributed by atoms with Gasteiger partial charge in [0.15, 0.2) is 0 Å². The zero-order chi connectivity index (χ0) is 27.3. The molecule has 194 valence electrons. The smallest absolute Gasteiger partial charge is 0.276 e. The van der Waals surface area contributed by atoms with Crippen molar-refractivity contribution < 1.29 is 14.4 Å². The number of thiocarbonyl (C=S) groups is 1. The molecule has 3 rings (SSSR count). The Kier molecular flexibility index (Phi) is 9.71. The Morgan fingerprint density at radius 3 is 2.35 bits per heavy atom. The van der Waals surface area contributed by atoms with E-state index in [1.165, 1.54) is 57.0 Å². The van der Waals surface area contributed by atoms with Gasteiger partial charge in [-0.2, -0.15) is 5.26 Å². The van der Waals surface area contributed by atoms with Crippen molar-refractivity contribution in [3.8, 4) is 11.8 Å². The quantitative estimate of drug-likeness (QED) is 0.152. The Labute approximate surface area is 231 Å². The van der Waals surface area contributed by atoms with E-state index in [9.17, 15) is 10.1 Å². The predicted octanol–water partition coefficient (Wildman–Crippen LogP) is 7.66. The minimum atomic E-state index is -0.352. The maximum Gasteiger partial charge on any atom is 0.276 e. The number of ether oxygens (including phenoxy) is 2.